The van der Waals surface area contributed by atoms with Gasteiger partial charge in [0, 0.05) is 16.5 Å². The molecule has 0 aliphatic carbocycles. The smallest absolute Gasteiger partial charge is 0.252 e. The monoisotopic (exact) mass is 428 g/mol. The van der Waals surface area contributed by atoms with Gasteiger partial charge in [0.1, 0.15) is 0 Å². The Morgan fingerprint density at radius 3 is 2.41 bits per heavy atom. The number of hydrogen-bond donors (Lipinski definition) is 0. The van der Waals surface area contributed by atoms with Crippen LogP contribution in [0.15, 0.2) is 59.6 Å². The van der Waals surface area contributed by atoms with Crippen LogP contribution in [0.4, 0.5) is 5.69 Å². The third kappa shape index (κ3) is 4.28. The van der Waals surface area contributed by atoms with Crippen molar-refractivity contribution in [1.82, 2.24) is 0 Å². The zero-order chi connectivity index (χ0) is 20.6. The lowest BCUT2D eigenvalue weighted by Gasteiger charge is -2.24. The number of Topliss-reactive ketones (excluding diaryl/α,β-unsaturated/α-hetero) is 1. The Morgan fingerprint density at radius 1 is 1.07 bits per heavy atom. The van der Waals surface area contributed by atoms with Crippen LogP contribution in [0.1, 0.15) is 22.8 Å². The quantitative estimate of drug-likeness (QED) is 0.697. The fourth-order valence-electron chi connectivity index (χ4n) is 3.64. The third-order valence-corrected chi connectivity index (χ3v) is 8.25. The van der Waals surface area contributed by atoms with Crippen molar-refractivity contribution in [3.8, 4) is 0 Å². The maximum absolute atomic E-state index is 12.5. The van der Waals surface area contributed by atoms with Crippen LogP contribution in [0.5, 0.6) is 0 Å². The summed E-state index contributed by atoms with van der Waals surface area (Å²) in [5.41, 5.74) is 2.19. The topological polar surface area (TPSA) is 83.9 Å². The SMILES string of the molecule is CC(=O)c1ccc(N2C(=NC(=O)Cc3ccccc3)S[C@H]3CS(=O)(=O)C[C@H]32)cc1. The molecule has 0 spiro atoms. The number of nitrogens with zero attached hydrogens (tertiary/aromatic N) is 2. The Balaban J connectivity index is 1.65. The van der Waals surface area contributed by atoms with E-state index >= 15 is 0 Å². The van der Waals surface area contributed by atoms with Gasteiger partial charge in [-0.2, -0.15) is 4.99 Å². The molecule has 0 aromatic heterocycles. The van der Waals surface area contributed by atoms with Gasteiger partial charge >= 0.3 is 0 Å². The second-order valence-corrected chi connectivity index (χ2v) is 10.6. The van der Waals surface area contributed by atoms with Crippen molar-refractivity contribution in [2.75, 3.05) is 16.4 Å². The maximum atomic E-state index is 12.5. The summed E-state index contributed by atoms with van der Waals surface area (Å²) in [6.07, 6.45) is 0.190. The van der Waals surface area contributed by atoms with Gasteiger partial charge in [0.05, 0.1) is 24.0 Å². The van der Waals surface area contributed by atoms with Gasteiger partial charge in [-0.3, -0.25) is 9.59 Å². The second kappa shape index (κ2) is 7.76. The largest absolute Gasteiger partial charge is 0.316 e. The fraction of sp³-hybridized carbons (Fsp3) is 0.286. The van der Waals surface area contributed by atoms with Crippen LogP contribution in [0, 0.1) is 0 Å². The van der Waals surface area contributed by atoms with Gasteiger partial charge in [0.2, 0.25) is 0 Å². The van der Waals surface area contributed by atoms with E-state index in [1.165, 1.54) is 18.7 Å². The average Bonchev–Trinajstić information content (AvgIpc) is 3.13. The molecule has 2 fully saturated rings. The summed E-state index contributed by atoms with van der Waals surface area (Å²) in [6.45, 7) is 1.50. The number of fused-ring (bicyclic) bond motifs is 1. The first kappa shape index (κ1) is 19.8. The molecule has 2 aliphatic heterocycles. The van der Waals surface area contributed by atoms with Crippen molar-refractivity contribution in [2.24, 2.45) is 4.99 Å². The third-order valence-electron chi connectivity index (χ3n) is 5.04. The van der Waals surface area contributed by atoms with Crippen LogP contribution >= 0.6 is 11.8 Å². The Hall–Kier alpha value is -2.45. The van der Waals surface area contributed by atoms with Crippen LogP contribution < -0.4 is 4.90 Å². The summed E-state index contributed by atoms with van der Waals surface area (Å²) in [7, 11) is -3.13. The predicted octanol–water partition coefficient (Wildman–Crippen LogP) is 2.73. The Morgan fingerprint density at radius 2 is 1.76 bits per heavy atom. The number of amides is 1. The van der Waals surface area contributed by atoms with Gasteiger partial charge in [-0.25, -0.2) is 8.42 Å². The molecule has 0 bridgehead atoms. The second-order valence-electron chi connectivity index (χ2n) is 7.22. The number of thioether (sulfide) groups is 1. The Kier molecular flexibility index (Phi) is 5.31. The van der Waals surface area contributed by atoms with Gasteiger partial charge in [-0.1, -0.05) is 42.1 Å². The number of aliphatic imine (C=N–C) groups is 1. The highest BCUT2D eigenvalue weighted by atomic mass is 32.2. The molecular weight excluding hydrogens is 408 g/mol. The molecule has 2 atom stereocenters. The number of rotatable bonds is 4. The molecule has 2 heterocycles. The molecule has 1 amide bonds. The molecule has 2 saturated heterocycles. The summed E-state index contributed by atoms with van der Waals surface area (Å²) in [4.78, 5) is 30.3. The molecule has 2 aliphatic rings. The standard InChI is InChI=1S/C21H20N2O4S2/c1-14(24)16-7-9-17(10-8-16)23-18-12-29(26,27)13-19(18)28-21(23)22-20(25)11-15-5-3-2-4-6-15/h2-10,18-19H,11-13H2,1H3/t18-,19+/m1/s1. The summed E-state index contributed by atoms with van der Waals surface area (Å²) in [5, 5.41) is 0.363. The number of carbonyl (C=O) groups is 2. The molecular formula is C21H20N2O4S2. The van der Waals surface area contributed by atoms with Crippen molar-refractivity contribution in [3.63, 3.8) is 0 Å². The number of anilines is 1. The van der Waals surface area contributed by atoms with Gasteiger partial charge in [-0.15, -0.1) is 0 Å². The molecule has 6 nitrogen and oxygen atoms in total. The van der Waals surface area contributed by atoms with E-state index in [4.69, 9.17) is 0 Å². The number of ketones is 1. The highest BCUT2D eigenvalue weighted by Gasteiger charge is 2.49. The highest BCUT2D eigenvalue weighted by molar-refractivity contribution is 8.16. The van der Waals surface area contributed by atoms with Crippen molar-refractivity contribution in [3.05, 3.63) is 65.7 Å². The van der Waals surface area contributed by atoms with Crippen LogP contribution in [0.2, 0.25) is 0 Å². The first-order valence-electron chi connectivity index (χ1n) is 9.25. The number of sulfone groups is 1. The van der Waals surface area contributed by atoms with E-state index in [2.05, 4.69) is 4.99 Å². The number of benzene rings is 2. The maximum Gasteiger partial charge on any atom is 0.252 e. The van der Waals surface area contributed by atoms with Gasteiger partial charge in [0.15, 0.2) is 20.8 Å². The molecule has 29 heavy (non-hydrogen) atoms. The summed E-state index contributed by atoms with van der Waals surface area (Å²) < 4.78 is 24.3. The zero-order valence-corrected chi connectivity index (χ0v) is 17.4. The summed E-state index contributed by atoms with van der Waals surface area (Å²) in [6, 6.07) is 16.1. The summed E-state index contributed by atoms with van der Waals surface area (Å²) >= 11 is 1.34. The van der Waals surface area contributed by atoms with Crippen LogP contribution in [0.3, 0.4) is 0 Å². The van der Waals surface area contributed by atoms with E-state index in [-0.39, 0.29) is 40.9 Å². The molecule has 0 radical (unpaired) electrons. The van der Waals surface area contributed by atoms with E-state index in [1.54, 1.807) is 24.3 Å². The number of hydrogen-bond acceptors (Lipinski definition) is 5. The van der Waals surface area contributed by atoms with Crippen LogP contribution in [-0.2, 0) is 21.1 Å². The van der Waals surface area contributed by atoms with Gasteiger partial charge in [-0.05, 0) is 36.8 Å². The van der Waals surface area contributed by atoms with E-state index in [0.717, 1.165) is 11.3 Å². The van der Waals surface area contributed by atoms with E-state index in [9.17, 15) is 18.0 Å². The molecule has 0 saturated carbocycles. The lowest BCUT2D eigenvalue weighted by atomic mass is 10.1. The molecule has 150 valence electrons. The van der Waals surface area contributed by atoms with Crippen molar-refractivity contribution < 1.29 is 18.0 Å². The number of amidine groups is 1. The summed E-state index contributed by atoms with van der Waals surface area (Å²) in [5.74, 6) is -0.200. The lowest BCUT2D eigenvalue weighted by molar-refractivity contribution is -0.117. The highest BCUT2D eigenvalue weighted by Crippen LogP contribution is 2.41. The van der Waals surface area contributed by atoms with Crippen LogP contribution in [0.25, 0.3) is 0 Å². The Bertz CT molecular complexity index is 1080. The van der Waals surface area contributed by atoms with E-state index in [0.29, 0.717) is 10.7 Å². The first-order valence-corrected chi connectivity index (χ1v) is 12.0. The minimum absolute atomic E-state index is 0.0328. The predicted molar refractivity (Wildman–Crippen MR) is 115 cm³/mol. The van der Waals surface area contributed by atoms with E-state index in [1.807, 2.05) is 35.2 Å². The molecule has 2 aromatic carbocycles. The fourth-order valence-corrected chi connectivity index (χ4v) is 7.57. The van der Waals surface area contributed by atoms with Crippen molar-refractivity contribution in [2.45, 2.75) is 24.6 Å². The molecule has 0 unspecified atom stereocenters. The molecule has 0 N–H and O–H groups in total. The molecule has 8 heteroatoms. The minimum Gasteiger partial charge on any atom is -0.316 e. The van der Waals surface area contributed by atoms with Crippen molar-refractivity contribution in [1.29, 1.82) is 0 Å². The Labute approximate surface area is 173 Å². The van der Waals surface area contributed by atoms with Crippen molar-refractivity contribution >= 4 is 44.1 Å². The minimum atomic E-state index is -3.13. The lowest BCUT2D eigenvalue weighted by Crippen LogP contribution is -2.37. The van der Waals surface area contributed by atoms with E-state index < -0.39 is 9.84 Å². The number of carbonyl (C=O) groups excluding carboxylic acids is 2. The van der Waals surface area contributed by atoms with Gasteiger partial charge < -0.3 is 4.90 Å². The first-order chi connectivity index (χ1) is 13.8. The molecule has 4 rings (SSSR count). The normalized spacial score (nSPS) is 23.9. The molecule has 2 aromatic rings. The zero-order valence-electron chi connectivity index (χ0n) is 15.8. The van der Waals surface area contributed by atoms with Gasteiger partial charge in [0.25, 0.3) is 5.91 Å². The average molecular weight is 429 g/mol. The van der Waals surface area contributed by atoms with Crippen LogP contribution in [-0.4, -0.2) is 48.1 Å².